The molecule has 1 aliphatic rings. The normalized spacial score (nSPS) is 15.3. The molecule has 1 aromatic heterocycles. The number of nitro benzene ring substituents is 2. The van der Waals surface area contributed by atoms with Crippen molar-refractivity contribution in [1.29, 1.82) is 0 Å². The lowest BCUT2D eigenvalue weighted by atomic mass is 10.0. The Hall–Kier alpha value is -5.09. The first-order valence-electron chi connectivity index (χ1n) is 12.6. The van der Waals surface area contributed by atoms with Crippen LogP contribution < -0.4 is 4.72 Å². The molecule has 1 aliphatic heterocycles. The van der Waals surface area contributed by atoms with Crippen molar-refractivity contribution in [1.82, 2.24) is 4.41 Å². The molecule has 0 radical (unpaired) electrons. The molecule has 3 aromatic carbocycles. The molecule has 0 fully saturated rings. The third kappa shape index (κ3) is 5.69. The Morgan fingerprint density at radius 3 is 2.00 bits per heavy atom. The minimum atomic E-state index is -4.38. The molecular weight excluding hydrogens is 602 g/mol. The first-order valence-corrected chi connectivity index (χ1v) is 15.5. The summed E-state index contributed by atoms with van der Waals surface area (Å²) in [4.78, 5) is 20.6. The van der Waals surface area contributed by atoms with Crippen molar-refractivity contribution >= 4 is 42.8 Å². The van der Waals surface area contributed by atoms with Crippen molar-refractivity contribution in [2.75, 3.05) is 4.72 Å². The summed E-state index contributed by atoms with van der Waals surface area (Å²) in [5.74, 6) is 0.308. The molecule has 0 amide bonds. The van der Waals surface area contributed by atoms with Crippen LogP contribution in [0.1, 0.15) is 34.9 Å². The summed E-state index contributed by atoms with van der Waals surface area (Å²) in [7, 11) is -8.55. The van der Waals surface area contributed by atoms with Crippen LogP contribution >= 0.6 is 0 Å². The standard InChI is InChI=1S/C27H23N5O9S2/c1-17-5-11-21(31(33)34)14-26(17)42(37,38)29-20-9-7-19(8-10-20)23-16-24(25-4-3-13-41-25)30(28-23)43(39,40)27-15-22(32(35)36)12-6-18(27)2/h3-15,24,29H,16H2,1-2H3. The molecule has 1 N–H and O–H groups in total. The van der Waals surface area contributed by atoms with Crippen LogP contribution in [0.25, 0.3) is 0 Å². The Labute approximate surface area is 245 Å². The lowest BCUT2D eigenvalue weighted by Crippen LogP contribution is -2.27. The summed E-state index contributed by atoms with van der Waals surface area (Å²) >= 11 is 0. The van der Waals surface area contributed by atoms with Crippen LogP contribution in [0.4, 0.5) is 17.1 Å². The number of hydrogen-bond donors (Lipinski definition) is 1. The maximum atomic E-state index is 13.8. The van der Waals surface area contributed by atoms with Gasteiger partial charge < -0.3 is 4.42 Å². The first kappa shape index (κ1) is 29.4. The van der Waals surface area contributed by atoms with Gasteiger partial charge in [-0.3, -0.25) is 25.0 Å². The highest BCUT2D eigenvalue weighted by atomic mass is 32.2. The van der Waals surface area contributed by atoms with Crippen LogP contribution in [0.15, 0.2) is 98.4 Å². The van der Waals surface area contributed by atoms with Crippen molar-refractivity contribution < 1.29 is 31.1 Å². The molecule has 0 bridgehead atoms. The summed E-state index contributed by atoms with van der Waals surface area (Å²) in [6.45, 7) is 3.04. The second-order valence-electron chi connectivity index (χ2n) is 9.66. The summed E-state index contributed by atoms with van der Waals surface area (Å²) < 4.78 is 62.4. The van der Waals surface area contributed by atoms with E-state index in [9.17, 15) is 37.1 Å². The van der Waals surface area contributed by atoms with Crippen LogP contribution in [0.2, 0.25) is 0 Å². The SMILES string of the molecule is Cc1ccc([N+](=O)[O-])cc1S(=O)(=O)Nc1ccc(C2=NN(S(=O)(=O)c3cc([N+](=O)[O-])ccc3C)C(c3ccco3)C2)cc1. The molecule has 2 heterocycles. The monoisotopic (exact) mass is 625 g/mol. The number of non-ortho nitro benzene ring substituents is 2. The summed E-state index contributed by atoms with van der Waals surface area (Å²) in [6, 6.07) is 15.4. The van der Waals surface area contributed by atoms with E-state index < -0.39 is 35.9 Å². The van der Waals surface area contributed by atoms with Gasteiger partial charge in [0.15, 0.2) is 0 Å². The number of aryl methyl sites for hydroxylation is 2. The second kappa shape index (κ2) is 11.0. The van der Waals surface area contributed by atoms with Gasteiger partial charge in [-0.1, -0.05) is 24.3 Å². The molecular formula is C27H23N5O9S2. The third-order valence-electron chi connectivity index (χ3n) is 6.79. The van der Waals surface area contributed by atoms with E-state index >= 15 is 0 Å². The van der Waals surface area contributed by atoms with E-state index in [1.807, 2.05) is 0 Å². The highest BCUT2D eigenvalue weighted by Gasteiger charge is 2.40. The maximum absolute atomic E-state index is 13.8. The molecule has 0 saturated carbocycles. The average Bonchev–Trinajstić information content (AvgIpc) is 3.64. The Morgan fingerprint density at radius 1 is 0.860 bits per heavy atom. The van der Waals surface area contributed by atoms with E-state index in [0.717, 1.165) is 16.5 Å². The lowest BCUT2D eigenvalue weighted by Gasteiger charge is -2.22. The maximum Gasteiger partial charge on any atom is 0.280 e. The van der Waals surface area contributed by atoms with E-state index in [0.29, 0.717) is 28.2 Å². The van der Waals surface area contributed by atoms with Gasteiger partial charge >= 0.3 is 0 Å². The molecule has 5 rings (SSSR count). The zero-order valence-corrected chi connectivity index (χ0v) is 24.2. The van der Waals surface area contributed by atoms with Crippen LogP contribution in [0, 0.1) is 34.1 Å². The van der Waals surface area contributed by atoms with Gasteiger partial charge in [0.05, 0.1) is 31.6 Å². The van der Waals surface area contributed by atoms with Gasteiger partial charge in [-0.25, -0.2) is 8.42 Å². The summed E-state index contributed by atoms with van der Waals surface area (Å²) in [5, 5.41) is 26.9. The Bertz CT molecular complexity index is 1990. The fourth-order valence-corrected chi connectivity index (χ4v) is 7.58. The molecule has 1 unspecified atom stereocenters. The number of nitro groups is 2. The van der Waals surface area contributed by atoms with E-state index in [-0.39, 0.29) is 33.3 Å². The molecule has 16 heteroatoms. The highest BCUT2D eigenvalue weighted by Crippen LogP contribution is 2.39. The van der Waals surface area contributed by atoms with E-state index in [4.69, 9.17) is 4.42 Å². The molecule has 0 aliphatic carbocycles. The van der Waals surface area contributed by atoms with E-state index in [1.165, 1.54) is 56.5 Å². The number of nitrogens with one attached hydrogen (secondary N) is 1. The first-order chi connectivity index (χ1) is 20.3. The smallest absolute Gasteiger partial charge is 0.280 e. The number of hydrazone groups is 1. The van der Waals surface area contributed by atoms with Crippen LogP contribution in [-0.4, -0.2) is 36.8 Å². The predicted octanol–water partition coefficient (Wildman–Crippen LogP) is 5.05. The number of hydrogen-bond acceptors (Lipinski definition) is 10. The van der Waals surface area contributed by atoms with Gasteiger partial charge in [-0.2, -0.15) is 17.9 Å². The molecule has 222 valence electrons. The molecule has 0 spiro atoms. The fourth-order valence-electron chi connectivity index (χ4n) is 4.59. The predicted molar refractivity (Wildman–Crippen MR) is 155 cm³/mol. The Kier molecular flexibility index (Phi) is 7.49. The quantitative estimate of drug-likeness (QED) is 0.195. The van der Waals surface area contributed by atoms with Crippen molar-refractivity contribution in [3.63, 3.8) is 0 Å². The Morgan fingerprint density at radius 2 is 1.44 bits per heavy atom. The minimum Gasteiger partial charge on any atom is -0.467 e. The summed E-state index contributed by atoms with van der Waals surface area (Å²) in [6.07, 6.45) is 1.49. The largest absolute Gasteiger partial charge is 0.467 e. The van der Waals surface area contributed by atoms with Crippen molar-refractivity contribution in [2.45, 2.75) is 36.1 Å². The average molecular weight is 626 g/mol. The molecule has 4 aromatic rings. The topological polar surface area (TPSA) is 195 Å². The number of nitrogens with zero attached hydrogens (tertiary/aromatic N) is 4. The van der Waals surface area contributed by atoms with Crippen molar-refractivity contribution in [2.24, 2.45) is 5.10 Å². The van der Waals surface area contributed by atoms with Crippen molar-refractivity contribution in [3.8, 4) is 0 Å². The third-order valence-corrected chi connectivity index (χ3v) is 10.1. The van der Waals surface area contributed by atoms with Gasteiger partial charge in [0.25, 0.3) is 31.4 Å². The van der Waals surface area contributed by atoms with Crippen LogP contribution in [-0.2, 0) is 20.0 Å². The molecule has 43 heavy (non-hydrogen) atoms. The minimum absolute atomic E-state index is 0.0959. The van der Waals surface area contributed by atoms with E-state index in [1.54, 1.807) is 24.3 Å². The van der Waals surface area contributed by atoms with Gasteiger partial charge in [-0.15, -0.1) is 0 Å². The molecule has 14 nitrogen and oxygen atoms in total. The Balaban J connectivity index is 1.47. The fraction of sp³-hybridized carbons (Fsp3) is 0.148. The van der Waals surface area contributed by atoms with Gasteiger partial charge in [0.2, 0.25) is 0 Å². The zero-order valence-electron chi connectivity index (χ0n) is 22.6. The molecule has 1 atom stereocenters. The van der Waals surface area contributed by atoms with Gasteiger partial charge in [0, 0.05) is 36.4 Å². The highest BCUT2D eigenvalue weighted by molar-refractivity contribution is 7.92. The molecule has 0 saturated heterocycles. The number of rotatable bonds is 9. The number of sulfonamides is 2. The van der Waals surface area contributed by atoms with Crippen LogP contribution in [0.3, 0.4) is 0 Å². The lowest BCUT2D eigenvalue weighted by molar-refractivity contribution is -0.385. The second-order valence-corrected chi connectivity index (χ2v) is 13.1. The zero-order chi connectivity index (χ0) is 31.1. The van der Waals surface area contributed by atoms with Gasteiger partial charge in [-0.05, 0) is 54.8 Å². The summed E-state index contributed by atoms with van der Waals surface area (Å²) in [5.41, 5.74) is 0.846. The number of furan rings is 1. The number of anilines is 1. The van der Waals surface area contributed by atoms with Gasteiger partial charge in [0.1, 0.15) is 11.8 Å². The van der Waals surface area contributed by atoms with Crippen molar-refractivity contribution in [3.05, 3.63) is 122 Å². The van der Waals surface area contributed by atoms with Crippen LogP contribution in [0.5, 0.6) is 0 Å². The van der Waals surface area contributed by atoms with E-state index in [2.05, 4.69) is 9.82 Å². The number of benzene rings is 3.